The van der Waals surface area contributed by atoms with Crippen LogP contribution in [-0.4, -0.2) is 33.4 Å². The number of hydrogen-bond donors (Lipinski definition) is 3. The molecule has 16 heavy (non-hydrogen) atoms. The Kier molecular flexibility index (Phi) is 2.90. The summed E-state index contributed by atoms with van der Waals surface area (Å²) >= 11 is 0. The van der Waals surface area contributed by atoms with Crippen molar-refractivity contribution < 1.29 is 9.84 Å². The maximum Gasteiger partial charge on any atom is 0.330 e. The lowest BCUT2D eigenvalue weighted by Crippen LogP contribution is -2.35. The van der Waals surface area contributed by atoms with E-state index in [0.717, 1.165) is 4.57 Å². The smallest absolute Gasteiger partial charge is 0.330 e. The summed E-state index contributed by atoms with van der Waals surface area (Å²) in [6.07, 6.45) is -0.158. The molecule has 7 heteroatoms. The molecule has 1 fully saturated rings. The normalized spacial score (nSPS) is 29.5. The van der Waals surface area contributed by atoms with E-state index in [9.17, 15) is 14.7 Å². The summed E-state index contributed by atoms with van der Waals surface area (Å²) in [5, 5.41) is 9.71. The second-order valence-corrected chi connectivity index (χ2v) is 3.70. The largest absolute Gasteiger partial charge is 0.388 e. The highest BCUT2D eigenvalue weighted by Crippen LogP contribution is 2.26. The van der Waals surface area contributed by atoms with Crippen LogP contribution in [0.3, 0.4) is 0 Å². The third-order valence-corrected chi connectivity index (χ3v) is 2.55. The predicted molar refractivity (Wildman–Crippen MR) is 54.9 cm³/mol. The highest BCUT2D eigenvalue weighted by Gasteiger charge is 2.34. The SMILES string of the molecule is NC[C@H]1C[C@@H](O)[C@H](n2ccc(=O)[nH]c2=O)O1. The molecule has 4 N–H and O–H groups in total. The van der Waals surface area contributed by atoms with Gasteiger partial charge in [0.15, 0.2) is 6.23 Å². The Morgan fingerprint density at radius 1 is 1.62 bits per heavy atom. The zero-order chi connectivity index (χ0) is 11.7. The van der Waals surface area contributed by atoms with Gasteiger partial charge in [0.05, 0.1) is 6.10 Å². The Morgan fingerprint density at radius 3 is 2.94 bits per heavy atom. The van der Waals surface area contributed by atoms with Crippen molar-refractivity contribution in [3.05, 3.63) is 33.1 Å². The quantitative estimate of drug-likeness (QED) is 0.549. The standard InChI is InChI=1S/C9H13N3O4/c10-4-5-3-6(13)8(16-5)12-2-1-7(14)11-9(12)15/h1-2,5-6,8,13H,3-4,10H2,(H,11,14,15)/t5-,6-,8-/m1/s1. The molecular weight excluding hydrogens is 214 g/mol. The van der Waals surface area contributed by atoms with Gasteiger partial charge in [-0.15, -0.1) is 0 Å². The van der Waals surface area contributed by atoms with Crippen molar-refractivity contribution >= 4 is 0 Å². The van der Waals surface area contributed by atoms with E-state index < -0.39 is 23.6 Å². The van der Waals surface area contributed by atoms with Crippen LogP contribution in [-0.2, 0) is 4.74 Å². The first-order valence-corrected chi connectivity index (χ1v) is 4.97. The molecule has 0 amide bonds. The minimum absolute atomic E-state index is 0.265. The minimum Gasteiger partial charge on any atom is -0.388 e. The Morgan fingerprint density at radius 2 is 2.38 bits per heavy atom. The molecule has 0 unspecified atom stereocenters. The number of nitrogens with zero attached hydrogens (tertiary/aromatic N) is 1. The number of nitrogens with one attached hydrogen (secondary N) is 1. The monoisotopic (exact) mass is 227 g/mol. The number of H-pyrrole nitrogens is 1. The minimum atomic E-state index is -0.794. The summed E-state index contributed by atoms with van der Waals surface area (Å²) in [7, 11) is 0. The summed E-state index contributed by atoms with van der Waals surface area (Å²) in [6, 6.07) is 1.20. The number of aliphatic hydroxyl groups is 1. The highest BCUT2D eigenvalue weighted by molar-refractivity contribution is 4.88. The molecule has 7 nitrogen and oxygen atoms in total. The van der Waals surface area contributed by atoms with Crippen molar-refractivity contribution in [1.29, 1.82) is 0 Å². The lowest BCUT2D eigenvalue weighted by atomic mass is 10.2. The Bertz CT molecular complexity index is 480. The fourth-order valence-corrected chi connectivity index (χ4v) is 1.76. The van der Waals surface area contributed by atoms with E-state index in [2.05, 4.69) is 4.98 Å². The molecule has 1 aromatic rings. The van der Waals surface area contributed by atoms with E-state index in [-0.39, 0.29) is 12.6 Å². The molecule has 1 saturated heterocycles. The zero-order valence-corrected chi connectivity index (χ0v) is 8.50. The third kappa shape index (κ3) is 1.92. The first kappa shape index (κ1) is 11.1. The van der Waals surface area contributed by atoms with Gasteiger partial charge in [-0.25, -0.2) is 4.79 Å². The van der Waals surface area contributed by atoms with Crippen LogP contribution in [0.4, 0.5) is 0 Å². The second-order valence-electron chi connectivity index (χ2n) is 3.70. The van der Waals surface area contributed by atoms with Crippen LogP contribution in [0.2, 0.25) is 0 Å². The van der Waals surface area contributed by atoms with Crippen LogP contribution >= 0.6 is 0 Å². The molecule has 0 aliphatic carbocycles. The van der Waals surface area contributed by atoms with Gasteiger partial charge in [0, 0.05) is 25.2 Å². The van der Waals surface area contributed by atoms with Crippen LogP contribution in [0.5, 0.6) is 0 Å². The van der Waals surface area contributed by atoms with Crippen molar-refractivity contribution in [1.82, 2.24) is 9.55 Å². The molecule has 0 saturated carbocycles. The highest BCUT2D eigenvalue weighted by atomic mass is 16.5. The summed E-state index contributed by atoms with van der Waals surface area (Å²) in [5.41, 5.74) is 4.33. The van der Waals surface area contributed by atoms with E-state index >= 15 is 0 Å². The van der Waals surface area contributed by atoms with Crippen LogP contribution in [0.25, 0.3) is 0 Å². The average molecular weight is 227 g/mol. The summed E-state index contributed by atoms with van der Waals surface area (Å²) in [5.74, 6) is 0. The molecular formula is C9H13N3O4. The fraction of sp³-hybridized carbons (Fsp3) is 0.556. The first-order valence-electron chi connectivity index (χ1n) is 4.97. The van der Waals surface area contributed by atoms with Crippen molar-refractivity contribution in [2.24, 2.45) is 5.73 Å². The number of aromatic amines is 1. The molecule has 0 aromatic carbocycles. The van der Waals surface area contributed by atoms with Crippen molar-refractivity contribution in [3.63, 3.8) is 0 Å². The number of rotatable bonds is 2. The Labute approximate surface area is 90.5 Å². The van der Waals surface area contributed by atoms with Gasteiger partial charge in [0.25, 0.3) is 5.56 Å². The molecule has 88 valence electrons. The van der Waals surface area contributed by atoms with E-state index in [1.54, 1.807) is 0 Å². The number of aliphatic hydroxyl groups excluding tert-OH is 1. The van der Waals surface area contributed by atoms with Gasteiger partial charge in [0.2, 0.25) is 0 Å². The zero-order valence-electron chi connectivity index (χ0n) is 8.50. The summed E-state index contributed by atoms with van der Waals surface area (Å²) in [4.78, 5) is 24.4. The lowest BCUT2D eigenvalue weighted by molar-refractivity contribution is -0.0372. The second kappa shape index (κ2) is 4.20. The molecule has 1 aliphatic rings. The van der Waals surface area contributed by atoms with E-state index in [4.69, 9.17) is 10.5 Å². The maximum atomic E-state index is 11.5. The Hall–Kier alpha value is -1.44. The summed E-state index contributed by atoms with van der Waals surface area (Å²) in [6.45, 7) is 0.283. The van der Waals surface area contributed by atoms with E-state index in [1.807, 2.05) is 0 Å². The van der Waals surface area contributed by atoms with Crippen molar-refractivity contribution in [2.45, 2.75) is 24.9 Å². The molecule has 1 aromatic heterocycles. The summed E-state index contributed by atoms with van der Waals surface area (Å²) < 4.78 is 6.55. The predicted octanol–water partition coefficient (Wildman–Crippen LogP) is -1.86. The van der Waals surface area contributed by atoms with Gasteiger partial charge in [-0.3, -0.25) is 14.3 Å². The average Bonchev–Trinajstić information content (AvgIpc) is 2.60. The molecule has 0 spiro atoms. The van der Waals surface area contributed by atoms with Crippen LogP contribution < -0.4 is 17.0 Å². The van der Waals surface area contributed by atoms with Crippen LogP contribution in [0.15, 0.2) is 21.9 Å². The molecule has 2 rings (SSSR count). The number of hydrogen-bond acceptors (Lipinski definition) is 5. The van der Waals surface area contributed by atoms with Crippen molar-refractivity contribution in [2.75, 3.05) is 6.54 Å². The maximum absolute atomic E-state index is 11.5. The molecule has 0 radical (unpaired) electrons. The van der Waals surface area contributed by atoms with Gasteiger partial charge < -0.3 is 15.6 Å². The van der Waals surface area contributed by atoms with Crippen LogP contribution in [0.1, 0.15) is 12.6 Å². The number of aromatic nitrogens is 2. The van der Waals surface area contributed by atoms with Gasteiger partial charge in [-0.1, -0.05) is 0 Å². The van der Waals surface area contributed by atoms with E-state index in [0.29, 0.717) is 6.42 Å². The Balaban J connectivity index is 2.31. The molecule has 0 bridgehead atoms. The van der Waals surface area contributed by atoms with Gasteiger partial charge in [-0.05, 0) is 0 Å². The van der Waals surface area contributed by atoms with Crippen molar-refractivity contribution in [3.8, 4) is 0 Å². The molecule has 3 atom stereocenters. The first-order chi connectivity index (χ1) is 7.61. The van der Waals surface area contributed by atoms with E-state index in [1.165, 1.54) is 12.3 Å². The molecule has 1 aliphatic heterocycles. The number of ether oxygens (including phenoxy) is 1. The number of nitrogens with two attached hydrogens (primary N) is 1. The van der Waals surface area contributed by atoms with Gasteiger partial charge >= 0.3 is 5.69 Å². The molecule has 2 heterocycles. The lowest BCUT2D eigenvalue weighted by Gasteiger charge is -2.16. The van der Waals surface area contributed by atoms with Gasteiger partial charge in [0.1, 0.15) is 6.10 Å². The van der Waals surface area contributed by atoms with Crippen LogP contribution in [0, 0.1) is 0 Å². The van der Waals surface area contributed by atoms with Gasteiger partial charge in [-0.2, -0.15) is 0 Å². The third-order valence-electron chi connectivity index (χ3n) is 2.55. The topological polar surface area (TPSA) is 110 Å². The fourth-order valence-electron chi connectivity index (χ4n) is 1.76.